The van der Waals surface area contributed by atoms with Crippen molar-refractivity contribution in [1.29, 1.82) is 0 Å². The molecule has 1 N–H and O–H groups in total. The highest BCUT2D eigenvalue weighted by Crippen LogP contribution is 2.31. The first kappa shape index (κ1) is 17.8. The van der Waals surface area contributed by atoms with Crippen LogP contribution in [0.2, 0.25) is 0 Å². The van der Waals surface area contributed by atoms with Crippen LogP contribution in [0.15, 0.2) is 24.5 Å². The number of nitrogens with zero attached hydrogens (tertiary/aromatic N) is 3. The summed E-state index contributed by atoms with van der Waals surface area (Å²) >= 11 is 0. The molecule has 0 aliphatic rings. The lowest BCUT2D eigenvalue weighted by molar-refractivity contribution is -0.144. The van der Waals surface area contributed by atoms with Crippen LogP contribution in [0, 0.1) is 0 Å². The van der Waals surface area contributed by atoms with E-state index in [4.69, 9.17) is 9.84 Å². The molecule has 0 spiro atoms. The predicted octanol–water partition coefficient (Wildman–Crippen LogP) is 3.09. The van der Waals surface area contributed by atoms with E-state index < -0.39 is 23.8 Å². The summed E-state index contributed by atoms with van der Waals surface area (Å²) in [6.07, 6.45) is -3.20. The Hall–Kier alpha value is -2.58. The average molecular weight is 343 g/mol. The molecule has 1 unspecified atom stereocenters. The van der Waals surface area contributed by atoms with E-state index in [2.05, 4.69) is 10.1 Å². The first-order chi connectivity index (χ1) is 11.2. The van der Waals surface area contributed by atoms with Crippen LogP contribution in [0.25, 0.3) is 5.69 Å². The lowest BCUT2D eigenvalue weighted by Gasteiger charge is -2.13. The van der Waals surface area contributed by atoms with Gasteiger partial charge in [-0.2, -0.15) is 18.2 Å². The highest BCUT2D eigenvalue weighted by molar-refractivity contribution is 5.72. The molecule has 0 bridgehead atoms. The number of alkyl halides is 3. The molecule has 0 aliphatic heterocycles. The molecule has 6 nitrogen and oxygen atoms in total. The maximum absolute atomic E-state index is 12.9. The fraction of sp³-hybridized carbons (Fsp3) is 0.400. The largest absolute Gasteiger partial charge is 0.479 e. The molecule has 0 fully saturated rings. The number of aliphatic carboxylic acids is 1. The van der Waals surface area contributed by atoms with E-state index >= 15 is 0 Å². The number of halogens is 3. The molecular formula is C15H16F3N3O3. The quantitative estimate of drug-likeness (QED) is 0.872. The van der Waals surface area contributed by atoms with Gasteiger partial charge in [0.1, 0.15) is 6.33 Å². The van der Waals surface area contributed by atoms with Crippen molar-refractivity contribution in [2.45, 2.75) is 39.0 Å². The van der Waals surface area contributed by atoms with E-state index in [0.29, 0.717) is 24.1 Å². The van der Waals surface area contributed by atoms with Crippen LogP contribution >= 0.6 is 0 Å². The highest BCUT2D eigenvalue weighted by Gasteiger charge is 2.31. The summed E-state index contributed by atoms with van der Waals surface area (Å²) in [6.45, 7) is 3.18. The summed E-state index contributed by atoms with van der Waals surface area (Å²) in [4.78, 5) is 14.6. The molecule has 0 amide bonds. The third-order valence-corrected chi connectivity index (χ3v) is 3.27. The Morgan fingerprint density at radius 1 is 1.42 bits per heavy atom. The minimum Gasteiger partial charge on any atom is -0.479 e. The van der Waals surface area contributed by atoms with Gasteiger partial charge in [0.15, 0.2) is 6.10 Å². The summed E-state index contributed by atoms with van der Waals surface area (Å²) in [5, 5.41) is 12.8. The van der Waals surface area contributed by atoms with Crippen molar-refractivity contribution in [3.63, 3.8) is 0 Å². The third-order valence-electron chi connectivity index (χ3n) is 3.27. The number of hydrogen-bond donors (Lipinski definition) is 1. The zero-order chi connectivity index (χ0) is 17.9. The Bertz CT molecular complexity index is 728. The Labute approximate surface area is 135 Å². The number of aromatic nitrogens is 3. The molecule has 0 aliphatic carbocycles. The molecule has 2 rings (SSSR count). The summed E-state index contributed by atoms with van der Waals surface area (Å²) in [6, 6.07) is 3.21. The van der Waals surface area contributed by atoms with Gasteiger partial charge in [-0.25, -0.2) is 9.48 Å². The molecule has 0 saturated carbocycles. The third kappa shape index (κ3) is 4.03. The van der Waals surface area contributed by atoms with Crippen molar-refractivity contribution >= 4 is 5.97 Å². The number of carboxylic acids is 1. The van der Waals surface area contributed by atoms with Gasteiger partial charge in [-0.05, 0) is 37.1 Å². The number of benzene rings is 1. The zero-order valence-electron chi connectivity index (χ0n) is 13.0. The number of ether oxygens (including phenoxy) is 1. The van der Waals surface area contributed by atoms with Crippen LogP contribution in [0.1, 0.15) is 31.4 Å². The monoisotopic (exact) mass is 343 g/mol. The van der Waals surface area contributed by atoms with Crippen molar-refractivity contribution in [3.8, 4) is 11.7 Å². The topological polar surface area (TPSA) is 77.2 Å². The Morgan fingerprint density at radius 3 is 2.71 bits per heavy atom. The van der Waals surface area contributed by atoms with Crippen molar-refractivity contribution in [1.82, 2.24) is 14.8 Å². The van der Waals surface area contributed by atoms with Gasteiger partial charge in [-0.3, -0.25) is 0 Å². The summed E-state index contributed by atoms with van der Waals surface area (Å²) in [7, 11) is 0. The molecule has 0 saturated heterocycles. The van der Waals surface area contributed by atoms with Crippen molar-refractivity contribution in [2.24, 2.45) is 0 Å². The summed E-state index contributed by atoms with van der Waals surface area (Å²) in [5.74, 6) is -1.17. The zero-order valence-corrected chi connectivity index (χ0v) is 13.0. The lowest BCUT2D eigenvalue weighted by atomic mass is 10.0. The first-order valence-corrected chi connectivity index (χ1v) is 7.24. The van der Waals surface area contributed by atoms with Gasteiger partial charge in [0.05, 0.1) is 11.3 Å². The molecule has 1 aromatic heterocycles. The van der Waals surface area contributed by atoms with Crippen LogP contribution < -0.4 is 4.74 Å². The smallest absolute Gasteiger partial charge is 0.416 e. The molecule has 1 aromatic carbocycles. The van der Waals surface area contributed by atoms with Gasteiger partial charge < -0.3 is 9.84 Å². The van der Waals surface area contributed by atoms with E-state index in [0.717, 1.165) is 12.1 Å². The highest BCUT2D eigenvalue weighted by atomic mass is 19.4. The normalized spacial score (nSPS) is 12.9. The minimum atomic E-state index is -4.42. The molecular weight excluding hydrogens is 327 g/mol. The van der Waals surface area contributed by atoms with Gasteiger partial charge in [0.2, 0.25) is 0 Å². The molecule has 2 aromatic rings. The molecule has 0 radical (unpaired) electrons. The van der Waals surface area contributed by atoms with Crippen LogP contribution in [-0.2, 0) is 17.4 Å². The Balaban J connectivity index is 2.34. The van der Waals surface area contributed by atoms with E-state index in [1.54, 1.807) is 0 Å². The number of rotatable bonds is 6. The first-order valence-electron chi connectivity index (χ1n) is 7.24. The molecule has 9 heteroatoms. The van der Waals surface area contributed by atoms with Crippen LogP contribution in [0.5, 0.6) is 6.01 Å². The lowest BCUT2D eigenvalue weighted by Crippen LogP contribution is -2.23. The van der Waals surface area contributed by atoms with Crippen molar-refractivity contribution < 1.29 is 27.8 Å². The summed E-state index contributed by atoms with van der Waals surface area (Å²) < 4.78 is 44.9. The maximum Gasteiger partial charge on any atom is 0.416 e. The number of carbonyl (C=O) groups is 1. The number of aryl methyl sites for hydroxylation is 1. The van der Waals surface area contributed by atoms with Crippen LogP contribution in [-0.4, -0.2) is 31.9 Å². The van der Waals surface area contributed by atoms with E-state index in [1.807, 2.05) is 6.92 Å². The van der Waals surface area contributed by atoms with Gasteiger partial charge in [0, 0.05) is 0 Å². The molecule has 1 heterocycles. The predicted molar refractivity (Wildman–Crippen MR) is 78.1 cm³/mol. The second kappa shape index (κ2) is 6.90. The Kier molecular flexibility index (Phi) is 5.10. The minimum absolute atomic E-state index is 0.160. The van der Waals surface area contributed by atoms with E-state index in [9.17, 15) is 18.0 Å². The second-order valence-corrected chi connectivity index (χ2v) is 5.16. The fourth-order valence-electron chi connectivity index (χ4n) is 2.08. The maximum atomic E-state index is 12.9. The van der Waals surface area contributed by atoms with Gasteiger partial charge in [0.25, 0.3) is 0 Å². The van der Waals surface area contributed by atoms with E-state index in [1.165, 1.54) is 24.0 Å². The average Bonchev–Trinajstić information content (AvgIpc) is 2.94. The van der Waals surface area contributed by atoms with Crippen LogP contribution in [0.4, 0.5) is 13.2 Å². The molecule has 1 atom stereocenters. The van der Waals surface area contributed by atoms with Crippen molar-refractivity contribution in [3.05, 3.63) is 35.7 Å². The Morgan fingerprint density at radius 2 is 2.12 bits per heavy atom. The number of hydrogen-bond acceptors (Lipinski definition) is 4. The van der Waals surface area contributed by atoms with Crippen LogP contribution in [0.3, 0.4) is 0 Å². The SMILES string of the molecule is CCCc1cc(C(F)(F)F)ccc1-n1cnc(OC(C)C(=O)O)n1. The van der Waals surface area contributed by atoms with Gasteiger partial charge in [-0.15, -0.1) is 5.10 Å². The molecule has 130 valence electrons. The fourth-order valence-corrected chi connectivity index (χ4v) is 2.08. The second-order valence-electron chi connectivity index (χ2n) is 5.16. The van der Waals surface area contributed by atoms with Crippen molar-refractivity contribution in [2.75, 3.05) is 0 Å². The van der Waals surface area contributed by atoms with Gasteiger partial charge in [-0.1, -0.05) is 13.3 Å². The van der Waals surface area contributed by atoms with E-state index in [-0.39, 0.29) is 6.01 Å². The number of carboxylic acid groups (broad SMARTS) is 1. The molecule has 24 heavy (non-hydrogen) atoms. The summed E-state index contributed by atoms with van der Waals surface area (Å²) in [5.41, 5.74) is 0.177. The standard InChI is InChI=1S/C15H16F3N3O3/c1-3-4-10-7-11(15(16,17)18)5-6-12(10)21-8-19-14(20-21)24-9(2)13(22)23/h5-9H,3-4H2,1-2H3,(H,22,23). The van der Waals surface area contributed by atoms with Gasteiger partial charge >= 0.3 is 18.2 Å².